The van der Waals surface area contributed by atoms with Crippen LogP contribution in [0.3, 0.4) is 0 Å². The van der Waals surface area contributed by atoms with Gasteiger partial charge in [-0.05, 0) is 38.2 Å². The number of aromatic nitrogens is 2. The lowest BCUT2D eigenvalue weighted by molar-refractivity contribution is 0.393. The van der Waals surface area contributed by atoms with Crippen molar-refractivity contribution >= 4 is 38.6 Å². The number of likely N-dealkylation sites (tertiary alicyclic amines) is 1. The van der Waals surface area contributed by atoms with Gasteiger partial charge in [0.25, 0.3) is 0 Å². The Morgan fingerprint density at radius 2 is 2.33 bits per heavy atom. The van der Waals surface area contributed by atoms with Crippen LogP contribution in [0, 0.1) is 0 Å². The predicted molar refractivity (Wildman–Crippen MR) is 78.1 cm³/mol. The van der Waals surface area contributed by atoms with Gasteiger partial charge in [0.05, 0.1) is 16.9 Å². The summed E-state index contributed by atoms with van der Waals surface area (Å²) in [5.41, 5.74) is 2.21. The van der Waals surface area contributed by atoms with Crippen molar-refractivity contribution < 1.29 is 0 Å². The molecule has 1 aromatic carbocycles. The molecule has 0 amide bonds. The van der Waals surface area contributed by atoms with Gasteiger partial charge in [-0.25, -0.2) is 4.98 Å². The van der Waals surface area contributed by atoms with Crippen molar-refractivity contribution in [1.29, 1.82) is 0 Å². The molecule has 18 heavy (non-hydrogen) atoms. The fourth-order valence-corrected chi connectivity index (χ4v) is 3.28. The van der Waals surface area contributed by atoms with Gasteiger partial charge in [0, 0.05) is 17.1 Å². The summed E-state index contributed by atoms with van der Waals surface area (Å²) in [5, 5.41) is 0. The second-order valence-electron chi connectivity index (χ2n) is 4.87. The van der Waals surface area contributed by atoms with Crippen molar-refractivity contribution in [3.63, 3.8) is 0 Å². The van der Waals surface area contributed by atoms with E-state index < -0.39 is 0 Å². The second-order valence-corrected chi connectivity index (χ2v) is 6.05. The van der Waals surface area contributed by atoms with E-state index >= 15 is 0 Å². The summed E-state index contributed by atoms with van der Waals surface area (Å²) >= 11 is 9.58. The molecule has 1 fully saturated rings. The summed E-state index contributed by atoms with van der Waals surface area (Å²) in [6.07, 6.45) is 1.17. The number of hydrogen-bond donors (Lipinski definition) is 0. The first kappa shape index (κ1) is 12.5. The zero-order valence-corrected chi connectivity index (χ0v) is 12.6. The molecular formula is C13H15BrClN3. The maximum atomic E-state index is 6.05. The Labute approximate surface area is 120 Å². The van der Waals surface area contributed by atoms with Gasteiger partial charge in [-0.2, -0.15) is 0 Å². The number of alkyl halides is 1. The van der Waals surface area contributed by atoms with Crippen LogP contribution in [0.25, 0.3) is 11.0 Å². The summed E-state index contributed by atoms with van der Waals surface area (Å²) in [4.78, 5) is 6.99. The minimum Gasteiger partial charge on any atom is -0.322 e. The van der Waals surface area contributed by atoms with E-state index in [1.165, 1.54) is 11.9 Å². The van der Waals surface area contributed by atoms with Crippen molar-refractivity contribution in [1.82, 2.24) is 14.5 Å². The van der Waals surface area contributed by atoms with E-state index in [-0.39, 0.29) is 0 Å². The summed E-state index contributed by atoms with van der Waals surface area (Å²) < 4.78 is 3.40. The topological polar surface area (TPSA) is 21.1 Å². The van der Waals surface area contributed by atoms with Gasteiger partial charge < -0.3 is 9.47 Å². The largest absolute Gasteiger partial charge is 0.322 e. The van der Waals surface area contributed by atoms with Crippen LogP contribution in [0.2, 0.25) is 0 Å². The Morgan fingerprint density at radius 3 is 3.00 bits per heavy atom. The standard InChI is InChI=1S/C13H15BrClN3/c1-17-5-4-10(8-17)18-12-6-9(14)2-3-11(12)16-13(18)7-15/h2-3,6,10H,4-5,7-8H2,1H3. The Bertz CT molecular complexity index is 581. The third-order valence-corrected chi connectivity index (χ3v) is 4.31. The van der Waals surface area contributed by atoms with E-state index in [1.807, 2.05) is 12.1 Å². The second kappa shape index (κ2) is 4.83. The molecule has 0 bridgehead atoms. The van der Waals surface area contributed by atoms with Crippen molar-refractivity contribution in [2.75, 3.05) is 20.1 Å². The van der Waals surface area contributed by atoms with E-state index in [9.17, 15) is 0 Å². The number of fused-ring (bicyclic) bond motifs is 1. The van der Waals surface area contributed by atoms with E-state index in [0.717, 1.165) is 28.9 Å². The van der Waals surface area contributed by atoms with Gasteiger partial charge in [-0.1, -0.05) is 15.9 Å². The lowest BCUT2D eigenvalue weighted by Gasteiger charge is -2.16. The van der Waals surface area contributed by atoms with Crippen LogP contribution < -0.4 is 0 Å². The molecule has 2 heterocycles. The normalized spacial score (nSPS) is 20.9. The maximum Gasteiger partial charge on any atom is 0.125 e. The first-order valence-electron chi connectivity index (χ1n) is 6.10. The summed E-state index contributed by atoms with van der Waals surface area (Å²) in [6, 6.07) is 6.70. The van der Waals surface area contributed by atoms with Gasteiger partial charge >= 0.3 is 0 Å². The molecule has 1 aliphatic rings. The van der Waals surface area contributed by atoms with Crippen LogP contribution in [0.15, 0.2) is 22.7 Å². The summed E-state index contributed by atoms with van der Waals surface area (Å²) in [5.74, 6) is 1.44. The smallest absolute Gasteiger partial charge is 0.125 e. The van der Waals surface area contributed by atoms with Crippen LogP contribution in [-0.2, 0) is 5.88 Å². The fraction of sp³-hybridized carbons (Fsp3) is 0.462. The van der Waals surface area contributed by atoms with Crippen molar-refractivity contribution in [2.45, 2.75) is 18.3 Å². The molecule has 0 spiro atoms. The molecule has 2 aromatic rings. The zero-order chi connectivity index (χ0) is 12.7. The van der Waals surface area contributed by atoms with Gasteiger partial charge in [0.1, 0.15) is 5.82 Å². The molecule has 1 atom stereocenters. The molecule has 0 radical (unpaired) electrons. The number of halogens is 2. The highest BCUT2D eigenvalue weighted by atomic mass is 79.9. The summed E-state index contributed by atoms with van der Waals surface area (Å²) in [6.45, 7) is 2.21. The minimum atomic E-state index is 0.465. The Morgan fingerprint density at radius 1 is 1.50 bits per heavy atom. The van der Waals surface area contributed by atoms with E-state index in [2.05, 4.69) is 43.5 Å². The molecule has 0 saturated carbocycles. The highest BCUT2D eigenvalue weighted by Gasteiger charge is 2.25. The number of hydrogen-bond acceptors (Lipinski definition) is 2. The van der Waals surface area contributed by atoms with Crippen LogP contribution in [0.1, 0.15) is 18.3 Å². The quantitative estimate of drug-likeness (QED) is 0.788. The molecular weight excluding hydrogens is 314 g/mol. The molecule has 5 heteroatoms. The number of benzene rings is 1. The number of likely N-dealkylation sites (N-methyl/N-ethyl adjacent to an activating group) is 1. The molecule has 1 aromatic heterocycles. The predicted octanol–water partition coefficient (Wildman–Crippen LogP) is 3.41. The number of imidazole rings is 1. The molecule has 3 rings (SSSR count). The molecule has 96 valence electrons. The van der Waals surface area contributed by atoms with Gasteiger partial charge in [0.15, 0.2) is 0 Å². The fourth-order valence-electron chi connectivity index (χ4n) is 2.74. The average Bonchev–Trinajstić information content (AvgIpc) is 2.91. The lowest BCUT2D eigenvalue weighted by atomic mass is 10.2. The third kappa shape index (κ3) is 2.06. The SMILES string of the molecule is CN1CCC(n2c(CCl)nc3ccc(Br)cc32)C1. The van der Waals surface area contributed by atoms with E-state index in [1.54, 1.807) is 0 Å². The Kier molecular flexibility index (Phi) is 3.34. The Balaban J connectivity index is 2.15. The molecule has 1 saturated heterocycles. The van der Waals surface area contributed by atoms with Gasteiger partial charge in [-0.3, -0.25) is 0 Å². The van der Waals surface area contributed by atoms with Crippen LogP contribution in [0.5, 0.6) is 0 Å². The molecule has 3 nitrogen and oxygen atoms in total. The molecule has 1 unspecified atom stereocenters. The highest BCUT2D eigenvalue weighted by Crippen LogP contribution is 2.29. The highest BCUT2D eigenvalue weighted by molar-refractivity contribution is 9.10. The summed E-state index contributed by atoms with van der Waals surface area (Å²) in [7, 11) is 2.16. The number of nitrogens with zero attached hydrogens (tertiary/aromatic N) is 3. The van der Waals surface area contributed by atoms with Crippen LogP contribution in [-0.4, -0.2) is 34.6 Å². The van der Waals surface area contributed by atoms with Crippen molar-refractivity contribution in [2.24, 2.45) is 0 Å². The number of rotatable bonds is 2. The average molecular weight is 329 g/mol. The van der Waals surface area contributed by atoms with Gasteiger partial charge in [-0.15, -0.1) is 11.6 Å². The van der Waals surface area contributed by atoms with E-state index in [4.69, 9.17) is 11.6 Å². The zero-order valence-electron chi connectivity index (χ0n) is 10.2. The molecule has 0 N–H and O–H groups in total. The molecule has 1 aliphatic heterocycles. The van der Waals surface area contributed by atoms with Crippen molar-refractivity contribution in [3.8, 4) is 0 Å². The lowest BCUT2D eigenvalue weighted by Crippen LogP contribution is -2.17. The first-order chi connectivity index (χ1) is 8.69. The maximum absolute atomic E-state index is 6.05. The minimum absolute atomic E-state index is 0.465. The van der Waals surface area contributed by atoms with E-state index in [0.29, 0.717) is 11.9 Å². The first-order valence-corrected chi connectivity index (χ1v) is 7.42. The van der Waals surface area contributed by atoms with Crippen molar-refractivity contribution in [3.05, 3.63) is 28.5 Å². The monoisotopic (exact) mass is 327 g/mol. The van der Waals surface area contributed by atoms with Crippen LogP contribution >= 0.6 is 27.5 Å². The van der Waals surface area contributed by atoms with Gasteiger partial charge in [0.2, 0.25) is 0 Å². The molecule has 0 aliphatic carbocycles. The Hall–Kier alpha value is -0.580. The van der Waals surface area contributed by atoms with Crippen LogP contribution in [0.4, 0.5) is 0 Å². The third-order valence-electron chi connectivity index (χ3n) is 3.58.